The van der Waals surface area contributed by atoms with Gasteiger partial charge in [0.15, 0.2) is 0 Å². The average Bonchev–Trinajstić information content (AvgIpc) is 2.64. The van der Waals surface area contributed by atoms with E-state index < -0.39 is 0 Å². The van der Waals surface area contributed by atoms with Gasteiger partial charge in [-0.2, -0.15) is 0 Å². The second-order valence-corrected chi connectivity index (χ2v) is 3.92. The molecule has 2 N–H and O–H groups in total. The van der Waals surface area contributed by atoms with Crippen molar-refractivity contribution in [3.8, 4) is 11.3 Å². The highest BCUT2D eigenvalue weighted by atomic mass is 14.9. The van der Waals surface area contributed by atoms with Gasteiger partial charge in [0.25, 0.3) is 0 Å². The molecule has 0 unspecified atom stereocenters. The fourth-order valence-electron chi connectivity index (χ4n) is 1.67. The molecule has 16 heavy (non-hydrogen) atoms. The van der Waals surface area contributed by atoms with E-state index in [0.29, 0.717) is 6.54 Å². The van der Waals surface area contributed by atoms with Gasteiger partial charge in [-0.05, 0) is 25.6 Å². The van der Waals surface area contributed by atoms with Gasteiger partial charge in [-0.25, -0.2) is 9.97 Å². The van der Waals surface area contributed by atoms with Gasteiger partial charge in [-0.3, -0.25) is 0 Å². The largest absolute Gasteiger partial charge is 0.357 e. The lowest BCUT2D eigenvalue weighted by molar-refractivity contribution is 0.857. The number of nitrogens with zero attached hydrogens (tertiary/aromatic N) is 3. The summed E-state index contributed by atoms with van der Waals surface area (Å²) in [6, 6.07) is 4.04. The lowest BCUT2D eigenvalue weighted by Crippen LogP contribution is -2.07. The Balaban J connectivity index is 2.40. The summed E-state index contributed by atoms with van der Waals surface area (Å²) >= 11 is 0. The summed E-state index contributed by atoms with van der Waals surface area (Å²) < 4.78 is 2.01. The molecule has 0 saturated heterocycles. The minimum Gasteiger partial charge on any atom is -0.357 e. The van der Waals surface area contributed by atoms with E-state index in [1.165, 1.54) is 0 Å². The Hall–Kier alpha value is -1.68. The minimum atomic E-state index is 0.581. The van der Waals surface area contributed by atoms with Crippen molar-refractivity contribution in [2.45, 2.75) is 13.3 Å². The van der Waals surface area contributed by atoms with E-state index in [1.807, 2.05) is 43.1 Å². The van der Waals surface area contributed by atoms with E-state index in [1.54, 1.807) is 0 Å². The van der Waals surface area contributed by atoms with E-state index in [4.69, 9.17) is 5.73 Å². The van der Waals surface area contributed by atoms with Crippen molar-refractivity contribution in [2.24, 2.45) is 12.8 Å². The zero-order valence-electron chi connectivity index (χ0n) is 9.64. The first-order valence-corrected chi connectivity index (χ1v) is 5.36. The minimum absolute atomic E-state index is 0.581. The lowest BCUT2D eigenvalue weighted by atomic mass is 10.2. The molecule has 0 saturated carbocycles. The molecule has 0 aliphatic rings. The van der Waals surface area contributed by atoms with Crippen LogP contribution in [0.25, 0.3) is 11.3 Å². The van der Waals surface area contributed by atoms with E-state index >= 15 is 0 Å². The van der Waals surface area contributed by atoms with Crippen LogP contribution in [0.4, 0.5) is 0 Å². The SMILES string of the molecule is Cc1cc(-c2ccn(C)c2)nc(CCN)n1. The first kappa shape index (κ1) is 10.8. The second-order valence-electron chi connectivity index (χ2n) is 3.92. The Bertz CT molecular complexity index is 488. The van der Waals surface area contributed by atoms with Gasteiger partial charge in [0, 0.05) is 37.1 Å². The highest BCUT2D eigenvalue weighted by molar-refractivity contribution is 5.58. The van der Waals surface area contributed by atoms with Gasteiger partial charge in [-0.15, -0.1) is 0 Å². The summed E-state index contributed by atoms with van der Waals surface area (Å²) in [4.78, 5) is 8.86. The molecule has 2 rings (SSSR count). The van der Waals surface area contributed by atoms with Gasteiger partial charge in [0.2, 0.25) is 0 Å². The molecule has 0 atom stereocenters. The molecule has 0 radical (unpaired) electrons. The van der Waals surface area contributed by atoms with Crippen LogP contribution < -0.4 is 5.73 Å². The quantitative estimate of drug-likeness (QED) is 0.841. The third kappa shape index (κ3) is 2.28. The predicted molar refractivity (Wildman–Crippen MR) is 63.9 cm³/mol. The van der Waals surface area contributed by atoms with Crippen LogP contribution in [0.1, 0.15) is 11.5 Å². The molecule has 0 aromatic carbocycles. The highest BCUT2D eigenvalue weighted by Gasteiger charge is 2.05. The summed E-state index contributed by atoms with van der Waals surface area (Å²) in [6.07, 6.45) is 4.78. The average molecular weight is 216 g/mol. The van der Waals surface area contributed by atoms with Gasteiger partial charge in [0.1, 0.15) is 5.82 Å². The molecule has 2 heterocycles. The maximum absolute atomic E-state index is 5.52. The Kier molecular flexibility index (Phi) is 3.01. The first-order chi connectivity index (χ1) is 7.69. The molecule has 0 amide bonds. The van der Waals surface area contributed by atoms with Gasteiger partial charge >= 0.3 is 0 Å². The van der Waals surface area contributed by atoms with Crippen LogP contribution >= 0.6 is 0 Å². The van der Waals surface area contributed by atoms with Crippen LogP contribution in [-0.4, -0.2) is 21.1 Å². The summed E-state index contributed by atoms with van der Waals surface area (Å²) in [6.45, 7) is 2.56. The highest BCUT2D eigenvalue weighted by Crippen LogP contribution is 2.17. The van der Waals surface area contributed by atoms with Crippen molar-refractivity contribution in [3.05, 3.63) is 36.0 Å². The van der Waals surface area contributed by atoms with Crippen molar-refractivity contribution in [2.75, 3.05) is 6.54 Å². The fraction of sp³-hybridized carbons (Fsp3) is 0.333. The molecule has 4 nitrogen and oxygen atoms in total. The zero-order valence-corrected chi connectivity index (χ0v) is 9.64. The van der Waals surface area contributed by atoms with E-state index in [-0.39, 0.29) is 0 Å². The third-order valence-corrected chi connectivity index (χ3v) is 2.40. The molecule has 0 fully saturated rings. The van der Waals surface area contributed by atoms with Gasteiger partial charge in [0.05, 0.1) is 5.69 Å². The number of aryl methyl sites for hydroxylation is 2. The molecule has 2 aromatic rings. The fourth-order valence-corrected chi connectivity index (χ4v) is 1.67. The second kappa shape index (κ2) is 4.45. The molecular weight excluding hydrogens is 200 g/mol. The van der Waals surface area contributed by atoms with Gasteiger partial charge < -0.3 is 10.3 Å². The number of hydrogen-bond acceptors (Lipinski definition) is 3. The molecule has 0 spiro atoms. The number of hydrogen-bond donors (Lipinski definition) is 1. The van der Waals surface area contributed by atoms with Crippen molar-refractivity contribution < 1.29 is 0 Å². The van der Waals surface area contributed by atoms with E-state index in [0.717, 1.165) is 29.2 Å². The van der Waals surface area contributed by atoms with E-state index in [2.05, 4.69) is 9.97 Å². The Morgan fingerprint density at radius 3 is 2.81 bits per heavy atom. The summed E-state index contributed by atoms with van der Waals surface area (Å²) in [5, 5.41) is 0. The van der Waals surface area contributed by atoms with E-state index in [9.17, 15) is 0 Å². The van der Waals surface area contributed by atoms with Crippen molar-refractivity contribution in [1.29, 1.82) is 0 Å². The maximum Gasteiger partial charge on any atom is 0.130 e. The standard InChI is InChI=1S/C12H16N4/c1-9-7-11(10-4-6-16(2)8-10)15-12(14-9)3-5-13/h4,6-8H,3,5,13H2,1-2H3. The summed E-state index contributed by atoms with van der Waals surface area (Å²) in [7, 11) is 2.00. The summed E-state index contributed by atoms with van der Waals surface area (Å²) in [5.41, 5.74) is 8.59. The van der Waals surface area contributed by atoms with Crippen LogP contribution in [0.5, 0.6) is 0 Å². The van der Waals surface area contributed by atoms with Crippen LogP contribution in [-0.2, 0) is 13.5 Å². The topological polar surface area (TPSA) is 56.7 Å². The third-order valence-electron chi connectivity index (χ3n) is 2.40. The Labute approximate surface area is 95.1 Å². The number of aromatic nitrogens is 3. The lowest BCUT2D eigenvalue weighted by Gasteiger charge is -2.03. The first-order valence-electron chi connectivity index (χ1n) is 5.36. The Morgan fingerprint density at radius 1 is 1.38 bits per heavy atom. The van der Waals surface area contributed by atoms with Crippen LogP contribution in [0.15, 0.2) is 24.5 Å². The molecule has 0 bridgehead atoms. The number of rotatable bonds is 3. The predicted octanol–water partition coefficient (Wildman–Crippen LogP) is 1.29. The molecule has 0 aliphatic heterocycles. The van der Waals surface area contributed by atoms with Crippen LogP contribution in [0, 0.1) is 6.92 Å². The van der Waals surface area contributed by atoms with Crippen LogP contribution in [0.2, 0.25) is 0 Å². The van der Waals surface area contributed by atoms with Gasteiger partial charge in [-0.1, -0.05) is 0 Å². The monoisotopic (exact) mass is 216 g/mol. The molecular formula is C12H16N4. The normalized spacial score (nSPS) is 10.7. The molecule has 2 aromatic heterocycles. The maximum atomic E-state index is 5.52. The summed E-state index contributed by atoms with van der Waals surface area (Å²) in [5.74, 6) is 0.821. The Morgan fingerprint density at radius 2 is 2.19 bits per heavy atom. The van der Waals surface area contributed by atoms with Crippen molar-refractivity contribution in [1.82, 2.24) is 14.5 Å². The van der Waals surface area contributed by atoms with Crippen LogP contribution in [0.3, 0.4) is 0 Å². The molecule has 0 aliphatic carbocycles. The van der Waals surface area contributed by atoms with Crippen molar-refractivity contribution >= 4 is 0 Å². The molecule has 4 heteroatoms. The number of nitrogens with two attached hydrogens (primary N) is 1. The molecule has 84 valence electrons. The zero-order chi connectivity index (χ0) is 11.5. The van der Waals surface area contributed by atoms with Crippen molar-refractivity contribution in [3.63, 3.8) is 0 Å². The smallest absolute Gasteiger partial charge is 0.130 e.